The van der Waals surface area contributed by atoms with Gasteiger partial charge in [-0.1, -0.05) is 30.0 Å². The maximum Gasteiger partial charge on any atom is 0.155 e. The van der Waals surface area contributed by atoms with Gasteiger partial charge in [-0.15, -0.1) is 11.3 Å². The van der Waals surface area contributed by atoms with Crippen LogP contribution in [-0.2, 0) is 0 Å². The summed E-state index contributed by atoms with van der Waals surface area (Å²) in [4.78, 5) is 5.39. The second-order valence-electron chi connectivity index (χ2n) is 4.49. The zero-order chi connectivity index (χ0) is 14.1. The molecule has 0 amide bonds. The molecule has 0 saturated heterocycles. The van der Waals surface area contributed by atoms with Crippen molar-refractivity contribution in [2.75, 3.05) is 0 Å². The largest absolute Gasteiger partial charge is 0.324 e. The molecule has 0 spiro atoms. The molecular formula is C15H13FN2S2. The molecule has 1 atom stereocenters. The molecule has 0 aliphatic carbocycles. The summed E-state index contributed by atoms with van der Waals surface area (Å²) in [6.45, 7) is 1.79. The Morgan fingerprint density at radius 2 is 2.00 bits per heavy atom. The van der Waals surface area contributed by atoms with Gasteiger partial charge in [0.05, 0.1) is 10.2 Å². The highest BCUT2D eigenvalue weighted by Gasteiger charge is 2.15. The highest BCUT2D eigenvalue weighted by Crippen LogP contribution is 2.37. The predicted molar refractivity (Wildman–Crippen MR) is 82.7 cm³/mol. The summed E-state index contributed by atoms with van der Waals surface area (Å²) in [6, 6.07) is 12.7. The van der Waals surface area contributed by atoms with Crippen LogP contribution < -0.4 is 5.73 Å². The number of halogens is 1. The molecule has 2 aromatic carbocycles. The number of rotatable bonds is 3. The van der Waals surface area contributed by atoms with E-state index in [1.54, 1.807) is 24.3 Å². The van der Waals surface area contributed by atoms with Crippen molar-refractivity contribution in [1.82, 2.24) is 4.98 Å². The molecule has 0 aliphatic heterocycles. The zero-order valence-electron chi connectivity index (χ0n) is 10.8. The summed E-state index contributed by atoms with van der Waals surface area (Å²) in [5.74, 6) is -0.258. The van der Waals surface area contributed by atoms with Gasteiger partial charge in [-0.3, -0.25) is 0 Å². The van der Waals surface area contributed by atoms with Gasteiger partial charge in [-0.25, -0.2) is 9.37 Å². The fourth-order valence-electron chi connectivity index (χ4n) is 2.04. The van der Waals surface area contributed by atoms with Gasteiger partial charge in [0.1, 0.15) is 5.82 Å². The van der Waals surface area contributed by atoms with Gasteiger partial charge in [-0.2, -0.15) is 0 Å². The van der Waals surface area contributed by atoms with E-state index >= 15 is 0 Å². The van der Waals surface area contributed by atoms with Crippen LogP contribution >= 0.6 is 23.1 Å². The summed E-state index contributed by atoms with van der Waals surface area (Å²) < 4.78 is 15.9. The van der Waals surface area contributed by atoms with Gasteiger partial charge in [-0.05, 0) is 31.2 Å². The monoisotopic (exact) mass is 304 g/mol. The minimum atomic E-state index is -0.340. The van der Waals surface area contributed by atoms with E-state index in [9.17, 15) is 4.39 Å². The first-order chi connectivity index (χ1) is 9.65. The molecule has 3 aromatic rings. The van der Waals surface area contributed by atoms with Crippen molar-refractivity contribution in [3.63, 3.8) is 0 Å². The van der Waals surface area contributed by atoms with Crippen LogP contribution in [0.3, 0.4) is 0 Å². The van der Waals surface area contributed by atoms with Crippen LogP contribution in [-0.4, -0.2) is 4.98 Å². The van der Waals surface area contributed by atoms with E-state index in [4.69, 9.17) is 5.73 Å². The lowest BCUT2D eigenvalue weighted by Crippen LogP contribution is -2.08. The first-order valence-electron chi connectivity index (χ1n) is 6.22. The molecule has 1 aromatic heterocycles. The van der Waals surface area contributed by atoms with E-state index in [0.717, 1.165) is 19.5 Å². The third kappa shape index (κ3) is 2.57. The van der Waals surface area contributed by atoms with Crippen LogP contribution in [0.2, 0.25) is 0 Å². The number of benzene rings is 2. The average molecular weight is 304 g/mol. The molecule has 1 heterocycles. The minimum absolute atomic E-state index is 0.258. The number of nitrogens with two attached hydrogens (primary N) is 1. The normalized spacial score (nSPS) is 12.8. The van der Waals surface area contributed by atoms with Gasteiger partial charge in [0, 0.05) is 16.5 Å². The minimum Gasteiger partial charge on any atom is -0.324 e. The Morgan fingerprint density at radius 3 is 2.75 bits per heavy atom. The van der Waals surface area contributed by atoms with E-state index in [-0.39, 0.29) is 11.9 Å². The average Bonchev–Trinajstić information content (AvgIpc) is 2.80. The number of aromatic nitrogens is 1. The highest BCUT2D eigenvalue weighted by atomic mass is 32.2. The Labute approximate surface area is 124 Å². The predicted octanol–water partition coefficient (Wildman–Crippen LogP) is 4.61. The Hall–Kier alpha value is -1.43. The molecule has 2 N–H and O–H groups in total. The number of nitrogens with zero attached hydrogens (tertiary/aromatic N) is 1. The maximum absolute atomic E-state index is 13.9. The fourth-order valence-corrected chi connectivity index (χ4v) is 4.31. The topological polar surface area (TPSA) is 38.9 Å². The smallest absolute Gasteiger partial charge is 0.155 e. The van der Waals surface area contributed by atoms with Gasteiger partial charge in [0.2, 0.25) is 0 Å². The van der Waals surface area contributed by atoms with Crippen LogP contribution in [0.25, 0.3) is 10.2 Å². The molecule has 0 saturated carbocycles. The number of fused-ring (bicyclic) bond motifs is 1. The molecule has 2 nitrogen and oxygen atoms in total. The van der Waals surface area contributed by atoms with Crippen molar-refractivity contribution in [3.8, 4) is 0 Å². The van der Waals surface area contributed by atoms with Crippen molar-refractivity contribution >= 4 is 33.3 Å². The lowest BCUT2D eigenvalue weighted by Gasteiger charge is -2.11. The van der Waals surface area contributed by atoms with Gasteiger partial charge in [0.15, 0.2) is 4.34 Å². The zero-order valence-corrected chi connectivity index (χ0v) is 12.5. The first kappa shape index (κ1) is 13.5. The summed E-state index contributed by atoms with van der Waals surface area (Å²) >= 11 is 3.08. The van der Waals surface area contributed by atoms with Crippen molar-refractivity contribution < 1.29 is 4.39 Å². The molecule has 0 radical (unpaired) electrons. The molecule has 20 heavy (non-hydrogen) atoms. The molecule has 0 aliphatic rings. The molecule has 5 heteroatoms. The molecule has 0 fully saturated rings. The van der Waals surface area contributed by atoms with Gasteiger partial charge >= 0.3 is 0 Å². The molecular weight excluding hydrogens is 291 g/mol. The fraction of sp³-hybridized carbons (Fsp3) is 0.133. The second kappa shape index (κ2) is 5.52. The number of thiazole rings is 1. The van der Waals surface area contributed by atoms with E-state index < -0.39 is 0 Å². The third-order valence-corrected chi connectivity index (χ3v) is 5.11. The Kier molecular flexibility index (Phi) is 3.74. The number of hydrogen-bond acceptors (Lipinski definition) is 4. The van der Waals surface area contributed by atoms with Crippen LogP contribution in [0, 0.1) is 5.82 Å². The van der Waals surface area contributed by atoms with E-state index in [1.165, 1.54) is 17.8 Å². The maximum atomic E-state index is 13.9. The second-order valence-corrected chi connectivity index (χ2v) is 6.81. The SMILES string of the molecule is C[C@@H](N)c1c(F)cccc1Sc1nc2ccccc2s1. The van der Waals surface area contributed by atoms with Crippen LogP contribution in [0.4, 0.5) is 4.39 Å². The molecule has 0 unspecified atom stereocenters. The lowest BCUT2D eigenvalue weighted by atomic mass is 10.1. The molecule has 3 rings (SSSR count). The summed E-state index contributed by atoms with van der Waals surface area (Å²) in [5, 5.41) is 0. The Bertz CT molecular complexity index is 719. The van der Waals surface area contributed by atoms with Crippen LogP contribution in [0.15, 0.2) is 51.7 Å². The van der Waals surface area contributed by atoms with Gasteiger partial charge in [0.25, 0.3) is 0 Å². The first-order valence-corrected chi connectivity index (χ1v) is 7.86. The van der Waals surface area contributed by atoms with E-state index in [2.05, 4.69) is 4.98 Å². The standard InChI is InChI=1S/C15H13FN2S2/c1-9(17)14-10(16)5-4-8-13(14)20-15-18-11-6-2-3-7-12(11)19-15/h2-9H,17H2,1H3/t9-/m1/s1. The quantitative estimate of drug-likeness (QED) is 0.768. The number of hydrogen-bond donors (Lipinski definition) is 1. The van der Waals surface area contributed by atoms with Crippen LogP contribution in [0.5, 0.6) is 0 Å². The molecule has 102 valence electrons. The van der Waals surface area contributed by atoms with Crippen molar-refractivity contribution in [2.45, 2.75) is 22.2 Å². The molecule has 0 bridgehead atoms. The summed E-state index contributed by atoms with van der Waals surface area (Å²) in [6.07, 6.45) is 0. The summed E-state index contributed by atoms with van der Waals surface area (Å²) in [5.41, 5.74) is 7.40. The van der Waals surface area contributed by atoms with E-state index in [0.29, 0.717) is 5.56 Å². The van der Waals surface area contributed by atoms with Crippen LogP contribution in [0.1, 0.15) is 18.5 Å². The Balaban J connectivity index is 2.00. The van der Waals surface area contributed by atoms with E-state index in [1.807, 2.05) is 30.3 Å². The third-order valence-electron chi connectivity index (χ3n) is 2.94. The van der Waals surface area contributed by atoms with Gasteiger partial charge < -0.3 is 5.73 Å². The van der Waals surface area contributed by atoms with Crippen molar-refractivity contribution in [2.24, 2.45) is 5.73 Å². The summed E-state index contributed by atoms with van der Waals surface area (Å²) in [7, 11) is 0. The van der Waals surface area contributed by atoms with Crippen molar-refractivity contribution in [3.05, 3.63) is 53.8 Å². The highest BCUT2D eigenvalue weighted by molar-refractivity contribution is 8.01. The Morgan fingerprint density at radius 1 is 1.20 bits per heavy atom. The van der Waals surface area contributed by atoms with Crippen molar-refractivity contribution in [1.29, 1.82) is 0 Å². The number of para-hydroxylation sites is 1. The lowest BCUT2D eigenvalue weighted by molar-refractivity contribution is 0.585.